The highest BCUT2D eigenvalue weighted by Crippen LogP contribution is 2.54. The van der Waals surface area contributed by atoms with Crippen LogP contribution in [0.15, 0.2) is 84.9 Å². The van der Waals surface area contributed by atoms with E-state index < -0.39 is 0 Å². The van der Waals surface area contributed by atoms with E-state index in [1.54, 1.807) is 0 Å². The van der Waals surface area contributed by atoms with E-state index in [1.165, 1.54) is 27.8 Å². The van der Waals surface area contributed by atoms with Gasteiger partial charge in [-0.2, -0.15) is 0 Å². The molecule has 26 heavy (non-hydrogen) atoms. The van der Waals surface area contributed by atoms with Crippen molar-refractivity contribution in [3.8, 4) is 0 Å². The summed E-state index contributed by atoms with van der Waals surface area (Å²) in [6, 6.07) is 30.2. The van der Waals surface area contributed by atoms with E-state index in [-0.39, 0.29) is 6.10 Å². The molecular formula is C25H22O. The van der Waals surface area contributed by atoms with Crippen molar-refractivity contribution in [2.45, 2.75) is 12.5 Å². The van der Waals surface area contributed by atoms with Crippen molar-refractivity contribution in [3.63, 3.8) is 0 Å². The molecule has 1 saturated heterocycles. The summed E-state index contributed by atoms with van der Waals surface area (Å²) in [5, 5.41) is 0. The van der Waals surface area contributed by atoms with Gasteiger partial charge in [-0.15, -0.1) is 0 Å². The van der Waals surface area contributed by atoms with Gasteiger partial charge in [0.2, 0.25) is 0 Å². The van der Waals surface area contributed by atoms with Crippen molar-refractivity contribution in [1.29, 1.82) is 0 Å². The minimum absolute atomic E-state index is 0.204. The van der Waals surface area contributed by atoms with Crippen LogP contribution in [0.5, 0.6) is 0 Å². The Morgan fingerprint density at radius 3 is 2.31 bits per heavy atom. The van der Waals surface area contributed by atoms with Gasteiger partial charge in [-0.05, 0) is 40.2 Å². The van der Waals surface area contributed by atoms with Crippen LogP contribution >= 0.6 is 0 Å². The SMILES string of the molecule is C(=C1/c2ccccc2[C@@H]2OC[C@H](Cc3ccccc3)[C@H]12)/c1ccccc1. The van der Waals surface area contributed by atoms with Gasteiger partial charge in [0.1, 0.15) is 0 Å². The molecule has 2 aliphatic rings. The third-order valence-electron chi connectivity index (χ3n) is 5.72. The second kappa shape index (κ2) is 6.59. The molecule has 1 aliphatic carbocycles. The number of ether oxygens (including phenoxy) is 1. The minimum atomic E-state index is 0.204. The summed E-state index contributed by atoms with van der Waals surface area (Å²) < 4.78 is 6.32. The standard InChI is InChI=1S/C25H22O/c1-3-9-18(10-4-1)15-20-17-26-25-22-14-8-7-13-21(22)23(24(20)25)16-19-11-5-2-6-12-19/h1-14,16,20,24-25H,15,17H2/b23-16+/t20-,24+,25-/m0/s1. The highest BCUT2D eigenvalue weighted by molar-refractivity contribution is 5.87. The van der Waals surface area contributed by atoms with E-state index in [2.05, 4.69) is 91.0 Å². The maximum absolute atomic E-state index is 6.32. The zero-order valence-electron chi connectivity index (χ0n) is 14.7. The molecule has 1 fully saturated rings. The van der Waals surface area contributed by atoms with Crippen LogP contribution in [0.2, 0.25) is 0 Å². The van der Waals surface area contributed by atoms with Crippen LogP contribution in [0.3, 0.4) is 0 Å². The van der Waals surface area contributed by atoms with Gasteiger partial charge in [-0.1, -0.05) is 91.0 Å². The second-order valence-corrected chi connectivity index (χ2v) is 7.33. The van der Waals surface area contributed by atoms with E-state index in [1.807, 2.05) is 0 Å². The van der Waals surface area contributed by atoms with E-state index >= 15 is 0 Å². The summed E-state index contributed by atoms with van der Waals surface area (Å²) in [7, 11) is 0. The summed E-state index contributed by atoms with van der Waals surface area (Å²) in [4.78, 5) is 0. The highest BCUT2D eigenvalue weighted by atomic mass is 16.5. The maximum Gasteiger partial charge on any atom is 0.0903 e. The largest absolute Gasteiger partial charge is 0.373 e. The number of benzene rings is 3. The Morgan fingerprint density at radius 2 is 1.50 bits per heavy atom. The van der Waals surface area contributed by atoms with Gasteiger partial charge < -0.3 is 4.74 Å². The fraction of sp³-hybridized carbons (Fsp3) is 0.200. The lowest BCUT2D eigenvalue weighted by atomic mass is 9.83. The van der Waals surface area contributed by atoms with E-state index in [0.717, 1.165) is 13.0 Å². The Labute approximate surface area is 155 Å². The monoisotopic (exact) mass is 338 g/mol. The third kappa shape index (κ3) is 2.69. The fourth-order valence-corrected chi connectivity index (χ4v) is 4.58. The average molecular weight is 338 g/mol. The Morgan fingerprint density at radius 1 is 0.808 bits per heavy atom. The van der Waals surface area contributed by atoms with Crippen molar-refractivity contribution < 1.29 is 4.74 Å². The molecule has 0 bridgehead atoms. The third-order valence-corrected chi connectivity index (χ3v) is 5.72. The first kappa shape index (κ1) is 15.6. The topological polar surface area (TPSA) is 9.23 Å². The van der Waals surface area contributed by atoms with Crippen LogP contribution in [0.4, 0.5) is 0 Å². The Bertz CT molecular complexity index is 927. The van der Waals surface area contributed by atoms with Crippen LogP contribution in [0.1, 0.15) is 28.4 Å². The molecule has 0 spiro atoms. The first-order valence-corrected chi connectivity index (χ1v) is 9.41. The van der Waals surface area contributed by atoms with Crippen LogP contribution in [0.25, 0.3) is 11.6 Å². The molecule has 0 amide bonds. The molecule has 128 valence electrons. The van der Waals surface area contributed by atoms with Gasteiger partial charge in [0.15, 0.2) is 0 Å². The second-order valence-electron chi connectivity index (χ2n) is 7.33. The number of fused-ring (bicyclic) bond motifs is 3. The predicted molar refractivity (Wildman–Crippen MR) is 107 cm³/mol. The molecule has 1 heteroatoms. The Kier molecular flexibility index (Phi) is 3.95. The van der Waals surface area contributed by atoms with Crippen LogP contribution in [0, 0.1) is 11.8 Å². The molecule has 0 unspecified atom stereocenters. The molecular weight excluding hydrogens is 316 g/mol. The van der Waals surface area contributed by atoms with Crippen LogP contribution < -0.4 is 0 Å². The van der Waals surface area contributed by atoms with E-state index in [9.17, 15) is 0 Å². The average Bonchev–Trinajstić information content (AvgIpc) is 3.24. The molecule has 1 aliphatic heterocycles. The van der Waals surface area contributed by atoms with Gasteiger partial charge in [0, 0.05) is 5.92 Å². The quantitative estimate of drug-likeness (QED) is 0.587. The number of hydrogen-bond acceptors (Lipinski definition) is 1. The number of rotatable bonds is 3. The van der Waals surface area contributed by atoms with Gasteiger partial charge in [-0.25, -0.2) is 0 Å². The van der Waals surface area contributed by atoms with Gasteiger partial charge in [0.25, 0.3) is 0 Å². The summed E-state index contributed by atoms with van der Waals surface area (Å²) >= 11 is 0. The zero-order chi connectivity index (χ0) is 17.3. The summed E-state index contributed by atoms with van der Waals surface area (Å²) in [6.45, 7) is 0.838. The fourth-order valence-electron chi connectivity index (χ4n) is 4.58. The lowest BCUT2D eigenvalue weighted by Crippen LogP contribution is -2.14. The smallest absolute Gasteiger partial charge is 0.0903 e. The minimum Gasteiger partial charge on any atom is -0.373 e. The Balaban J connectivity index is 1.56. The molecule has 0 saturated carbocycles. The zero-order valence-corrected chi connectivity index (χ0v) is 14.7. The molecule has 0 N–H and O–H groups in total. The molecule has 3 aromatic carbocycles. The molecule has 1 heterocycles. The van der Waals surface area contributed by atoms with E-state index in [4.69, 9.17) is 4.74 Å². The van der Waals surface area contributed by atoms with Crippen molar-refractivity contribution in [3.05, 3.63) is 107 Å². The molecule has 5 rings (SSSR count). The molecule has 0 radical (unpaired) electrons. The first-order valence-electron chi connectivity index (χ1n) is 9.41. The summed E-state index contributed by atoms with van der Waals surface area (Å²) in [5.41, 5.74) is 6.83. The Hall–Kier alpha value is -2.64. The molecule has 1 nitrogen and oxygen atoms in total. The van der Waals surface area contributed by atoms with Crippen LogP contribution in [-0.4, -0.2) is 6.61 Å². The summed E-state index contributed by atoms with van der Waals surface area (Å²) in [6.07, 6.45) is 3.65. The van der Waals surface area contributed by atoms with Gasteiger partial charge >= 0.3 is 0 Å². The van der Waals surface area contributed by atoms with Crippen molar-refractivity contribution in [2.24, 2.45) is 11.8 Å². The first-order chi connectivity index (χ1) is 12.9. The van der Waals surface area contributed by atoms with Gasteiger partial charge in [-0.3, -0.25) is 0 Å². The van der Waals surface area contributed by atoms with Gasteiger partial charge in [0.05, 0.1) is 12.7 Å². The molecule has 3 aromatic rings. The van der Waals surface area contributed by atoms with Crippen molar-refractivity contribution in [1.82, 2.24) is 0 Å². The summed E-state index contributed by atoms with van der Waals surface area (Å²) in [5.74, 6) is 0.956. The molecule has 3 atom stereocenters. The van der Waals surface area contributed by atoms with Crippen molar-refractivity contribution in [2.75, 3.05) is 6.61 Å². The maximum atomic E-state index is 6.32. The number of hydrogen-bond donors (Lipinski definition) is 0. The van der Waals surface area contributed by atoms with Crippen molar-refractivity contribution >= 4 is 11.6 Å². The van der Waals surface area contributed by atoms with E-state index in [0.29, 0.717) is 11.8 Å². The normalized spacial score (nSPS) is 25.2. The lowest BCUT2D eigenvalue weighted by Gasteiger charge is -2.19. The lowest BCUT2D eigenvalue weighted by molar-refractivity contribution is 0.102. The highest BCUT2D eigenvalue weighted by Gasteiger charge is 2.46. The molecule has 0 aromatic heterocycles. The van der Waals surface area contributed by atoms with Crippen LogP contribution in [-0.2, 0) is 11.2 Å². The predicted octanol–water partition coefficient (Wildman–Crippen LogP) is 5.79.